The highest BCUT2D eigenvalue weighted by atomic mass is 16.2. The van der Waals surface area contributed by atoms with Gasteiger partial charge in [0.25, 0.3) is 0 Å². The third kappa shape index (κ3) is 2.93. The third-order valence-electron chi connectivity index (χ3n) is 4.92. The summed E-state index contributed by atoms with van der Waals surface area (Å²) < 4.78 is 0. The number of nitrogens with zero attached hydrogens (tertiary/aromatic N) is 5. The first-order chi connectivity index (χ1) is 11.1. The number of anilines is 2. The van der Waals surface area contributed by atoms with E-state index in [9.17, 15) is 4.79 Å². The van der Waals surface area contributed by atoms with E-state index in [2.05, 4.69) is 27.1 Å². The molecule has 0 aliphatic carbocycles. The first-order valence-electron chi connectivity index (χ1n) is 8.07. The molecule has 3 heterocycles. The highest BCUT2D eigenvalue weighted by molar-refractivity contribution is 5.78. The molecule has 1 amide bonds. The van der Waals surface area contributed by atoms with Gasteiger partial charge < -0.3 is 15.1 Å². The summed E-state index contributed by atoms with van der Waals surface area (Å²) in [6.07, 6.45) is 3.42. The number of likely N-dealkylation sites (N-methyl/N-ethyl adjacent to an activating group) is 1. The quantitative estimate of drug-likeness (QED) is 0.897. The number of fused-ring (bicyclic) bond motifs is 1. The van der Waals surface area contributed by atoms with Gasteiger partial charge >= 0.3 is 0 Å². The molecule has 1 unspecified atom stereocenters. The zero-order chi connectivity index (χ0) is 16.4. The predicted molar refractivity (Wildman–Crippen MR) is 87.0 cm³/mol. The van der Waals surface area contributed by atoms with Crippen molar-refractivity contribution >= 4 is 17.5 Å². The van der Waals surface area contributed by atoms with E-state index in [4.69, 9.17) is 5.26 Å². The predicted octanol–water partition coefficient (Wildman–Crippen LogP) is 1.03. The van der Waals surface area contributed by atoms with Gasteiger partial charge in [0, 0.05) is 32.2 Å². The normalized spacial score (nSPS) is 22.9. The molecule has 1 N–H and O–H groups in total. The molecule has 1 saturated heterocycles. The standard InChI is InChI=1S/C16H22N6O/c1-11-5-8-22(14(23)3-6-17)9-13(11)21(2)16-12-4-7-18-15(12)19-10-20-16/h10-11,13H,3-5,7-9H2,1-2H3,(H,18,19,20)/t11-,13?/m1/s1. The highest BCUT2D eigenvalue weighted by Gasteiger charge is 2.33. The SMILES string of the molecule is C[C@@H]1CCN(C(=O)CC#N)CC1N(C)c1ncnc2c1CCN2. The molecule has 0 aromatic carbocycles. The van der Waals surface area contributed by atoms with Crippen LogP contribution in [0.5, 0.6) is 0 Å². The van der Waals surface area contributed by atoms with Crippen LogP contribution in [0.1, 0.15) is 25.3 Å². The number of hydrogen-bond acceptors (Lipinski definition) is 6. The molecule has 0 radical (unpaired) electrons. The van der Waals surface area contributed by atoms with Gasteiger partial charge in [-0.3, -0.25) is 4.79 Å². The van der Waals surface area contributed by atoms with Crippen LogP contribution in [0.25, 0.3) is 0 Å². The number of likely N-dealkylation sites (tertiary alicyclic amines) is 1. The van der Waals surface area contributed by atoms with Crippen molar-refractivity contribution in [2.75, 3.05) is 36.9 Å². The van der Waals surface area contributed by atoms with E-state index in [1.807, 2.05) is 18.0 Å². The van der Waals surface area contributed by atoms with E-state index >= 15 is 0 Å². The maximum atomic E-state index is 12.0. The molecule has 1 aromatic rings. The lowest BCUT2D eigenvalue weighted by Crippen LogP contribution is -2.53. The van der Waals surface area contributed by atoms with Gasteiger partial charge in [0.2, 0.25) is 5.91 Å². The number of nitriles is 1. The van der Waals surface area contributed by atoms with E-state index in [1.54, 1.807) is 6.33 Å². The van der Waals surface area contributed by atoms with Crippen LogP contribution in [-0.4, -0.2) is 53.5 Å². The van der Waals surface area contributed by atoms with Crippen molar-refractivity contribution in [2.45, 2.75) is 32.2 Å². The molecule has 2 atom stereocenters. The summed E-state index contributed by atoms with van der Waals surface area (Å²) in [6.45, 7) is 4.48. The van der Waals surface area contributed by atoms with Gasteiger partial charge in [0.1, 0.15) is 24.4 Å². The Labute approximate surface area is 136 Å². The molecule has 2 aliphatic rings. The third-order valence-corrected chi connectivity index (χ3v) is 4.92. The molecular formula is C16H22N6O. The largest absolute Gasteiger partial charge is 0.369 e. The first-order valence-corrected chi connectivity index (χ1v) is 8.07. The number of amides is 1. The molecule has 122 valence electrons. The minimum Gasteiger partial charge on any atom is -0.369 e. The van der Waals surface area contributed by atoms with Crippen LogP contribution < -0.4 is 10.2 Å². The van der Waals surface area contributed by atoms with Crippen molar-refractivity contribution in [1.29, 1.82) is 5.26 Å². The molecule has 2 aliphatic heterocycles. The number of hydrogen-bond donors (Lipinski definition) is 1. The number of carbonyl (C=O) groups excluding carboxylic acids is 1. The molecule has 0 bridgehead atoms. The van der Waals surface area contributed by atoms with Gasteiger partial charge in [0.05, 0.1) is 12.1 Å². The fraction of sp³-hybridized carbons (Fsp3) is 0.625. The lowest BCUT2D eigenvalue weighted by atomic mass is 9.92. The Hall–Kier alpha value is -2.36. The number of nitrogens with one attached hydrogen (secondary N) is 1. The van der Waals surface area contributed by atoms with Gasteiger partial charge in [-0.15, -0.1) is 0 Å². The second-order valence-electron chi connectivity index (χ2n) is 6.32. The zero-order valence-corrected chi connectivity index (χ0v) is 13.6. The van der Waals surface area contributed by atoms with E-state index in [0.29, 0.717) is 12.5 Å². The summed E-state index contributed by atoms with van der Waals surface area (Å²) in [5, 5.41) is 12.0. The molecule has 0 spiro atoms. The summed E-state index contributed by atoms with van der Waals surface area (Å²) in [7, 11) is 2.04. The van der Waals surface area contributed by atoms with Crippen molar-refractivity contribution in [3.05, 3.63) is 11.9 Å². The molecular weight excluding hydrogens is 292 g/mol. The lowest BCUT2D eigenvalue weighted by molar-refractivity contribution is -0.131. The average molecular weight is 314 g/mol. The highest BCUT2D eigenvalue weighted by Crippen LogP contribution is 2.31. The minimum atomic E-state index is -0.0765. The fourth-order valence-corrected chi connectivity index (χ4v) is 3.51. The Kier molecular flexibility index (Phi) is 4.33. The molecule has 0 saturated carbocycles. The van der Waals surface area contributed by atoms with Gasteiger partial charge in [-0.25, -0.2) is 9.97 Å². The van der Waals surface area contributed by atoms with E-state index in [0.717, 1.165) is 43.1 Å². The topological polar surface area (TPSA) is 85.2 Å². The van der Waals surface area contributed by atoms with E-state index in [-0.39, 0.29) is 18.4 Å². The number of rotatable bonds is 3. The van der Waals surface area contributed by atoms with Crippen LogP contribution in [-0.2, 0) is 11.2 Å². The maximum absolute atomic E-state index is 12.0. The molecule has 1 fully saturated rings. The van der Waals surface area contributed by atoms with Crippen LogP contribution >= 0.6 is 0 Å². The second-order valence-corrected chi connectivity index (χ2v) is 6.32. The summed E-state index contributed by atoms with van der Waals surface area (Å²) in [4.78, 5) is 24.8. The van der Waals surface area contributed by atoms with E-state index in [1.165, 1.54) is 0 Å². The molecule has 3 rings (SSSR count). The maximum Gasteiger partial charge on any atom is 0.236 e. The summed E-state index contributed by atoms with van der Waals surface area (Å²) in [5.41, 5.74) is 1.16. The van der Waals surface area contributed by atoms with Gasteiger partial charge in [-0.2, -0.15) is 5.26 Å². The first kappa shape index (κ1) is 15.5. The fourth-order valence-electron chi connectivity index (χ4n) is 3.51. The Morgan fingerprint density at radius 1 is 1.57 bits per heavy atom. The molecule has 23 heavy (non-hydrogen) atoms. The van der Waals surface area contributed by atoms with Crippen molar-refractivity contribution in [3.8, 4) is 6.07 Å². The van der Waals surface area contributed by atoms with Gasteiger partial charge in [0.15, 0.2) is 0 Å². The van der Waals surface area contributed by atoms with Crippen LogP contribution in [0, 0.1) is 17.2 Å². The lowest BCUT2D eigenvalue weighted by Gasteiger charge is -2.42. The van der Waals surface area contributed by atoms with Crippen molar-refractivity contribution < 1.29 is 4.79 Å². The number of carbonyl (C=O) groups is 1. The Balaban J connectivity index is 1.80. The van der Waals surface area contributed by atoms with Crippen molar-refractivity contribution in [1.82, 2.24) is 14.9 Å². The van der Waals surface area contributed by atoms with Crippen LogP contribution in [0.3, 0.4) is 0 Å². The smallest absolute Gasteiger partial charge is 0.236 e. The zero-order valence-electron chi connectivity index (χ0n) is 13.6. The van der Waals surface area contributed by atoms with Crippen LogP contribution in [0.2, 0.25) is 0 Å². The summed E-state index contributed by atoms with van der Waals surface area (Å²) in [5.74, 6) is 2.26. The van der Waals surface area contributed by atoms with Crippen molar-refractivity contribution in [3.63, 3.8) is 0 Å². The van der Waals surface area contributed by atoms with Crippen LogP contribution in [0.15, 0.2) is 6.33 Å². The van der Waals surface area contributed by atoms with Gasteiger partial charge in [-0.05, 0) is 18.8 Å². The average Bonchev–Trinajstić information content (AvgIpc) is 3.03. The molecule has 7 nitrogen and oxygen atoms in total. The minimum absolute atomic E-state index is 0.0440. The van der Waals surface area contributed by atoms with Crippen LogP contribution in [0.4, 0.5) is 11.6 Å². The Morgan fingerprint density at radius 2 is 2.39 bits per heavy atom. The number of aromatic nitrogens is 2. The van der Waals surface area contributed by atoms with Crippen molar-refractivity contribution in [2.24, 2.45) is 5.92 Å². The summed E-state index contributed by atoms with van der Waals surface area (Å²) in [6, 6.07) is 2.15. The monoisotopic (exact) mass is 314 g/mol. The molecule has 1 aromatic heterocycles. The number of piperidine rings is 1. The Bertz CT molecular complexity index is 640. The second kappa shape index (κ2) is 6.41. The molecule has 7 heteroatoms. The Morgan fingerprint density at radius 3 is 3.17 bits per heavy atom. The van der Waals surface area contributed by atoms with E-state index < -0.39 is 0 Å². The summed E-state index contributed by atoms with van der Waals surface area (Å²) >= 11 is 0. The van der Waals surface area contributed by atoms with Gasteiger partial charge in [-0.1, -0.05) is 6.92 Å².